The van der Waals surface area contributed by atoms with Crippen LogP contribution in [0.15, 0.2) is 24.4 Å². The zero-order valence-corrected chi connectivity index (χ0v) is 12.9. The molecule has 3 fully saturated rings. The normalized spacial score (nSPS) is 31.9. The highest BCUT2D eigenvalue weighted by atomic mass is 16.5. The van der Waals surface area contributed by atoms with Crippen LogP contribution in [-0.4, -0.2) is 47.7 Å². The summed E-state index contributed by atoms with van der Waals surface area (Å²) in [5.41, 5.74) is -0.178. The lowest BCUT2D eigenvalue weighted by Gasteiger charge is -2.50. The van der Waals surface area contributed by atoms with Gasteiger partial charge in [-0.25, -0.2) is 4.98 Å². The Hall–Kier alpha value is -1.62. The highest BCUT2D eigenvalue weighted by molar-refractivity contribution is 5.82. The number of carbonyl (C=O) groups excluding carboxylic acids is 1. The summed E-state index contributed by atoms with van der Waals surface area (Å²) in [7, 11) is 0. The van der Waals surface area contributed by atoms with E-state index in [-0.39, 0.29) is 11.5 Å². The van der Waals surface area contributed by atoms with Gasteiger partial charge >= 0.3 is 0 Å². The first-order valence-electron chi connectivity index (χ1n) is 8.14. The Morgan fingerprint density at radius 1 is 1.50 bits per heavy atom. The van der Waals surface area contributed by atoms with E-state index >= 15 is 0 Å². The SMILES string of the molecule is C[C@@H]1C[C@@H]1C(=O)N1CC2(C1)OCC[C@@H]2COc1ccccn1. The molecule has 3 heterocycles. The Morgan fingerprint density at radius 2 is 2.32 bits per heavy atom. The lowest BCUT2D eigenvalue weighted by atomic mass is 9.81. The molecule has 2 aliphatic heterocycles. The predicted octanol–water partition coefficient (Wildman–Crippen LogP) is 1.73. The maximum absolute atomic E-state index is 12.3. The fourth-order valence-corrected chi connectivity index (χ4v) is 3.64. The number of hydrogen-bond donors (Lipinski definition) is 0. The molecule has 1 aromatic rings. The zero-order valence-electron chi connectivity index (χ0n) is 12.9. The second kappa shape index (κ2) is 5.23. The summed E-state index contributed by atoms with van der Waals surface area (Å²) in [6, 6.07) is 5.67. The van der Waals surface area contributed by atoms with E-state index in [1.807, 2.05) is 23.1 Å². The van der Waals surface area contributed by atoms with E-state index in [0.29, 0.717) is 30.2 Å². The van der Waals surface area contributed by atoms with Gasteiger partial charge in [0, 0.05) is 30.7 Å². The van der Waals surface area contributed by atoms with Gasteiger partial charge in [-0.2, -0.15) is 0 Å². The Labute approximate surface area is 130 Å². The van der Waals surface area contributed by atoms with Gasteiger partial charge < -0.3 is 14.4 Å². The van der Waals surface area contributed by atoms with E-state index in [0.717, 1.165) is 32.5 Å². The molecule has 118 valence electrons. The van der Waals surface area contributed by atoms with E-state index in [9.17, 15) is 4.79 Å². The molecule has 0 unspecified atom stereocenters. The number of likely N-dealkylation sites (tertiary alicyclic amines) is 1. The van der Waals surface area contributed by atoms with Crippen molar-refractivity contribution in [3.8, 4) is 5.88 Å². The number of nitrogens with zero attached hydrogens (tertiary/aromatic N) is 2. The van der Waals surface area contributed by atoms with Crippen LogP contribution in [-0.2, 0) is 9.53 Å². The van der Waals surface area contributed by atoms with Crippen molar-refractivity contribution >= 4 is 5.91 Å². The predicted molar refractivity (Wildman–Crippen MR) is 80.4 cm³/mol. The van der Waals surface area contributed by atoms with Crippen LogP contribution in [0.3, 0.4) is 0 Å². The van der Waals surface area contributed by atoms with Crippen molar-refractivity contribution in [2.24, 2.45) is 17.8 Å². The fourth-order valence-electron chi connectivity index (χ4n) is 3.64. The number of rotatable bonds is 4. The number of aromatic nitrogens is 1. The Kier molecular flexibility index (Phi) is 3.33. The largest absolute Gasteiger partial charge is 0.477 e. The summed E-state index contributed by atoms with van der Waals surface area (Å²) in [6.45, 7) is 4.97. The average molecular weight is 302 g/mol. The van der Waals surface area contributed by atoms with Crippen molar-refractivity contribution in [3.63, 3.8) is 0 Å². The highest BCUT2D eigenvalue weighted by Crippen LogP contribution is 2.45. The standard InChI is InChI=1S/C17H22N2O3/c1-12-8-14(12)16(20)19-10-17(11-19)13(5-7-22-17)9-21-15-4-2-3-6-18-15/h2-4,6,12-14H,5,7-11H2,1H3/t12-,13-,14+/m1/s1. The van der Waals surface area contributed by atoms with Gasteiger partial charge in [0.25, 0.3) is 0 Å². The zero-order chi connectivity index (χ0) is 15.2. The minimum atomic E-state index is -0.178. The topological polar surface area (TPSA) is 51.7 Å². The number of pyridine rings is 1. The molecule has 1 amide bonds. The minimum Gasteiger partial charge on any atom is -0.477 e. The number of carbonyl (C=O) groups is 1. The van der Waals surface area contributed by atoms with Gasteiger partial charge in [-0.05, 0) is 24.8 Å². The van der Waals surface area contributed by atoms with Crippen molar-refractivity contribution in [2.75, 3.05) is 26.3 Å². The van der Waals surface area contributed by atoms with E-state index in [2.05, 4.69) is 11.9 Å². The van der Waals surface area contributed by atoms with Gasteiger partial charge in [-0.1, -0.05) is 13.0 Å². The van der Waals surface area contributed by atoms with Gasteiger partial charge in [0.05, 0.1) is 19.7 Å². The summed E-state index contributed by atoms with van der Waals surface area (Å²) in [5.74, 6) is 2.15. The van der Waals surface area contributed by atoms with E-state index in [4.69, 9.17) is 9.47 Å². The van der Waals surface area contributed by atoms with Crippen LogP contribution in [0.4, 0.5) is 0 Å². The first kappa shape index (κ1) is 14.0. The van der Waals surface area contributed by atoms with Gasteiger partial charge in [0.2, 0.25) is 11.8 Å². The van der Waals surface area contributed by atoms with Gasteiger partial charge in [0.15, 0.2) is 0 Å². The molecule has 3 aliphatic rings. The first-order chi connectivity index (χ1) is 10.7. The smallest absolute Gasteiger partial charge is 0.226 e. The molecular formula is C17H22N2O3. The summed E-state index contributed by atoms with van der Waals surface area (Å²) in [4.78, 5) is 18.4. The van der Waals surface area contributed by atoms with Crippen molar-refractivity contribution in [1.82, 2.24) is 9.88 Å². The Balaban J connectivity index is 1.33. The maximum Gasteiger partial charge on any atom is 0.226 e. The highest BCUT2D eigenvalue weighted by Gasteiger charge is 2.56. The molecule has 3 atom stereocenters. The molecular weight excluding hydrogens is 280 g/mol. The molecule has 1 aliphatic carbocycles. The van der Waals surface area contributed by atoms with Crippen LogP contribution in [0.25, 0.3) is 0 Å². The van der Waals surface area contributed by atoms with Crippen molar-refractivity contribution < 1.29 is 14.3 Å². The third kappa shape index (κ3) is 2.37. The van der Waals surface area contributed by atoms with Gasteiger partial charge in [-0.15, -0.1) is 0 Å². The summed E-state index contributed by atoms with van der Waals surface area (Å²) < 4.78 is 11.8. The van der Waals surface area contributed by atoms with E-state index in [1.165, 1.54) is 0 Å². The maximum atomic E-state index is 12.3. The number of amides is 1. The molecule has 22 heavy (non-hydrogen) atoms. The lowest BCUT2D eigenvalue weighted by Crippen LogP contribution is -2.67. The van der Waals surface area contributed by atoms with E-state index < -0.39 is 0 Å². The van der Waals surface area contributed by atoms with Crippen molar-refractivity contribution in [2.45, 2.75) is 25.4 Å². The van der Waals surface area contributed by atoms with Crippen LogP contribution < -0.4 is 4.74 Å². The van der Waals surface area contributed by atoms with Crippen LogP contribution in [0.5, 0.6) is 5.88 Å². The molecule has 0 N–H and O–H groups in total. The Bertz CT molecular complexity index is 556. The number of ether oxygens (including phenoxy) is 2. The molecule has 1 aromatic heterocycles. The number of hydrogen-bond acceptors (Lipinski definition) is 4. The van der Waals surface area contributed by atoms with Crippen LogP contribution >= 0.6 is 0 Å². The first-order valence-corrected chi connectivity index (χ1v) is 8.14. The van der Waals surface area contributed by atoms with Gasteiger partial charge in [-0.3, -0.25) is 4.79 Å². The third-order valence-electron chi connectivity index (χ3n) is 5.33. The van der Waals surface area contributed by atoms with Crippen molar-refractivity contribution in [3.05, 3.63) is 24.4 Å². The average Bonchev–Trinajstić information content (AvgIpc) is 3.08. The second-order valence-electron chi connectivity index (χ2n) is 6.89. The fraction of sp³-hybridized carbons (Fsp3) is 0.647. The minimum absolute atomic E-state index is 0.178. The summed E-state index contributed by atoms with van der Waals surface area (Å²) >= 11 is 0. The quantitative estimate of drug-likeness (QED) is 0.850. The van der Waals surface area contributed by atoms with Crippen LogP contribution in [0.2, 0.25) is 0 Å². The van der Waals surface area contributed by atoms with Crippen LogP contribution in [0, 0.1) is 17.8 Å². The third-order valence-corrected chi connectivity index (χ3v) is 5.33. The lowest BCUT2D eigenvalue weighted by molar-refractivity contribution is -0.168. The molecule has 2 saturated heterocycles. The van der Waals surface area contributed by atoms with Gasteiger partial charge in [0.1, 0.15) is 5.60 Å². The molecule has 0 radical (unpaired) electrons. The molecule has 1 saturated carbocycles. The van der Waals surface area contributed by atoms with E-state index in [1.54, 1.807) is 6.20 Å². The molecule has 0 bridgehead atoms. The summed E-state index contributed by atoms with van der Waals surface area (Å²) in [6.07, 6.45) is 3.78. The second-order valence-corrected chi connectivity index (χ2v) is 6.89. The molecule has 4 rings (SSSR count). The molecule has 5 heteroatoms. The molecule has 1 spiro atoms. The Morgan fingerprint density at radius 3 is 3.00 bits per heavy atom. The van der Waals surface area contributed by atoms with Crippen molar-refractivity contribution in [1.29, 1.82) is 0 Å². The molecule has 0 aromatic carbocycles. The van der Waals surface area contributed by atoms with Crippen LogP contribution in [0.1, 0.15) is 19.8 Å². The summed E-state index contributed by atoms with van der Waals surface area (Å²) in [5, 5.41) is 0. The monoisotopic (exact) mass is 302 g/mol. The molecule has 5 nitrogen and oxygen atoms in total.